The van der Waals surface area contributed by atoms with Gasteiger partial charge in [0.05, 0.1) is 19.5 Å². The molecule has 1 aromatic heterocycles. The molecule has 2 aromatic carbocycles. The van der Waals surface area contributed by atoms with Crippen LogP contribution >= 0.6 is 11.8 Å². The summed E-state index contributed by atoms with van der Waals surface area (Å²) in [5.74, 6) is 8.35. The van der Waals surface area contributed by atoms with Gasteiger partial charge < -0.3 is 20.6 Å². The number of rotatable bonds is 10. The first-order valence-electron chi connectivity index (χ1n) is 9.57. The molecule has 3 rings (SSSR count). The highest BCUT2D eigenvalue weighted by molar-refractivity contribution is 7.99. The fraction of sp³-hybridized carbons (Fsp3) is 0.286. The number of aromatic nitrogens is 3. The highest BCUT2D eigenvalue weighted by atomic mass is 32.2. The van der Waals surface area contributed by atoms with Crippen LogP contribution in [0.5, 0.6) is 11.5 Å². The molecule has 8 nitrogen and oxygen atoms in total. The summed E-state index contributed by atoms with van der Waals surface area (Å²) < 4.78 is 12.2. The Balaban J connectivity index is 1.50. The predicted molar refractivity (Wildman–Crippen MR) is 117 cm³/mol. The average Bonchev–Trinajstić information content (AvgIpc) is 3.13. The maximum atomic E-state index is 12.2. The van der Waals surface area contributed by atoms with Crippen LogP contribution in [0.2, 0.25) is 0 Å². The summed E-state index contributed by atoms with van der Waals surface area (Å²) in [5, 5.41) is 11.6. The minimum absolute atomic E-state index is 0.0967. The normalized spacial score (nSPS) is 10.6. The summed E-state index contributed by atoms with van der Waals surface area (Å²) in [7, 11) is 1.64. The summed E-state index contributed by atoms with van der Waals surface area (Å²) in [6.45, 7) is 3.06. The third-order valence-electron chi connectivity index (χ3n) is 4.33. The van der Waals surface area contributed by atoms with E-state index in [2.05, 4.69) is 15.5 Å². The van der Waals surface area contributed by atoms with Crippen LogP contribution < -0.4 is 20.6 Å². The van der Waals surface area contributed by atoms with Crippen molar-refractivity contribution >= 4 is 17.7 Å². The third-order valence-corrected chi connectivity index (χ3v) is 5.27. The molecule has 0 aliphatic rings. The second kappa shape index (κ2) is 10.5. The molecule has 0 aliphatic heterocycles. The van der Waals surface area contributed by atoms with Crippen LogP contribution in [0.3, 0.4) is 0 Å². The minimum atomic E-state index is -0.0967. The molecule has 3 N–H and O–H groups in total. The van der Waals surface area contributed by atoms with Crippen LogP contribution in [0.1, 0.15) is 12.5 Å². The number of nitrogen functional groups attached to an aromatic ring is 1. The Morgan fingerprint density at radius 3 is 2.67 bits per heavy atom. The van der Waals surface area contributed by atoms with Gasteiger partial charge in [-0.25, -0.2) is 4.68 Å². The number of para-hydroxylation sites is 1. The van der Waals surface area contributed by atoms with Crippen LogP contribution in [0.15, 0.2) is 53.7 Å². The second-order valence-electron chi connectivity index (χ2n) is 6.33. The largest absolute Gasteiger partial charge is 0.496 e. The van der Waals surface area contributed by atoms with E-state index < -0.39 is 0 Å². The lowest BCUT2D eigenvalue weighted by Crippen LogP contribution is -2.27. The number of methoxy groups -OCH3 is 1. The molecular weight excluding hydrogens is 402 g/mol. The molecule has 9 heteroatoms. The van der Waals surface area contributed by atoms with Crippen molar-refractivity contribution in [3.05, 3.63) is 54.1 Å². The van der Waals surface area contributed by atoms with E-state index in [0.29, 0.717) is 30.6 Å². The van der Waals surface area contributed by atoms with E-state index in [-0.39, 0.29) is 11.7 Å². The van der Waals surface area contributed by atoms with Crippen molar-refractivity contribution in [2.24, 2.45) is 0 Å². The van der Waals surface area contributed by atoms with E-state index in [0.717, 1.165) is 22.6 Å². The molecule has 0 radical (unpaired) electrons. The summed E-state index contributed by atoms with van der Waals surface area (Å²) in [4.78, 5) is 12.2. The summed E-state index contributed by atoms with van der Waals surface area (Å²) >= 11 is 1.24. The fourth-order valence-electron chi connectivity index (χ4n) is 2.87. The molecule has 0 fully saturated rings. The van der Waals surface area contributed by atoms with Gasteiger partial charge >= 0.3 is 0 Å². The number of hydrogen-bond donors (Lipinski definition) is 2. The van der Waals surface area contributed by atoms with E-state index in [1.165, 1.54) is 16.4 Å². The zero-order valence-electron chi connectivity index (χ0n) is 17.0. The molecule has 0 atom stereocenters. The van der Waals surface area contributed by atoms with Crippen molar-refractivity contribution < 1.29 is 14.3 Å². The highest BCUT2D eigenvalue weighted by Crippen LogP contribution is 2.23. The first-order chi connectivity index (χ1) is 14.6. The summed E-state index contributed by atoms with van der Waals surface area (Å²) in [5.41, 5.74) is 1.87. The van der Waals surface area contributed by atoms with Crippen molar-refractivity contribution in [1.82, 2.24) is 20.2 Å². The van der Waals surface area contributed by atoms with Gasteiger partial charge in [0.2, 0.25) is 11.1 Å². The molecule has 1 amide bonds. The number of hydrogen-bond acceptors (Lipinski definition) is 7. The second-order valence-corrected chi connectivity index (χ2v) is 7.28. The zero-order valence-corrected chi connectivity index (χ0v) is 17.8. The number of nitrogens with zero attached hydrogens (tertiary/aromatic N) is 3. The van der Waals surface area contributed by atoms with Crippen molar-refractivity contribution in [2.75, 3.05) is 31.9 Å². The molecule has 30 heavy (non-hydrogen) atoms. The number of nitrogens with one attached hydrogen (secondary N) is 1. The topological polar surface area (TPSA) is 104 Å². The zero-order chi connectivity index (χ0) is 21.3. The number of thioether (sulfide) groups is 1. The monoisotopic (exact) mass is 427 g/mol. The van der Waals surface area contributed by atoms with Gasteiger partial charge in [-0.2, -0.15) is 0 Å². The van der Waals surface area contributed by atoms with Crippen LogP contribution in [-0.4, -0.2) is 46.8 Å². The van der Waals surface area contributed by atoms with Crippen molar-refractivity contribution in [2.45, 2.75) is 18.5 Å². The van der Waals surface area contributed by atoms with Gasteiger partial charge in [-0.1, -0.05) is 30.0 Å². The molecule has 0 aliphatic carbocycles. The van der Waals surface area contributed by atoms with Gasteiger partial charge in [0.25, 0.3) is 0 Å². The maximum absolute atomic E-state index is 12.2. The third kappa shape index (κ3) is 5.44. The van der Waals surface area contributed by atoms with Crippen molar-refractivity contribution in [1.29, 1.82) is 0 Å². The van der Waals surface area contributed by atoms with Gasteiger partial charge in [0.1, 0.15) is 11.5 Å². The lowest BCUT2D eigenvalue weighted by atomic mass is 10.1. The number of benzene rings is 2. The fourth-order valence-corrected chi connectivity index (χ4v) is 3.55. The standard InChI is InChI=1S/C21H25N5O3S/c1-3-29-17-10-8-16(9-11-17)20-24-25-21(26(20)22)30-14-19(27)23-13-12-15-6-4-5-7-18(15)28-2/h4-11H,3,12-14,22H2,1-2H3,(H,23,27). The van der Waals surface area contributed by atoms with E-state index in [4.69, 9.17) is 15.3 Å². The van der Waals surface area contributed by atoms with Gasteiger partial charge in [0, 0.05) is 12.1 Å². The molecule has 0 spiro atoms. The van der Waals surface area contributed by atoms with Gasteiger partial charge in [0.15, 0.2) is 5.82 Å². The quantitative estimate of drug-likeness (QED) is 0.378. The number of ether oxygens (including phenoxy) is 2. The Hall–Kier alpha value is -3.20. The number of nitrogens with two attached hydrogens (primary N) is 1. The van der Waals surface area contributed by atoms with E-state index in [9.17, 15) is 4.79 Å². The first-order valence-corrected chi connectivity index (χ1v) is 10.6. The van der Waals surface area contributed by atoms with Gasteiger partial charge in [-0.15, -0.1) is 10.2 Å². The molecule has 1 heterocycles. The lowest BCUT2D eigenvalue weighted by molar-refractivity contribution is -0.118. The Morgan fingerprint density at radius 2 is 1.93 bits per heavy atom. The van der Waals surface area contributed by atoms with Gasteiger partial charge in [-0.3, -0.25) is 4.79 Å². The van der Waals surface area contributed by atoms with E-state index in [1.807, 2.05) is 55.5 Å². The smallest absolute Gasteiger partial charge is 0.230 e. The Kier molecular flexibility index (Phi) is 7.56. The molecular formula is C21H25N5O3S. The van der Waals surface area contributed by atoms with Crippen molar-refractivity contribution in [3.8, 4) is 22.9 Å². The number of carbonyl (C=O) groups excluding carboxylic acids is 1. The van der Waals surface area contributed by atoms with Crippen molar-refractivity contribution in [3.63, 3.8) is 0 Å². The average molecular weight is 428 g/mol. The molecule has 0 unspecified atom stereocenters. The van der Waals surface area contributed by atoms with Crippen LogP contribution in [0.4, 0.5) is 0 Å². The van der Waals surface area contributed by atoms with E-state index in [1.54, 1.807) is 7.11 Å². The molecule has 158 valence electrons. The number of carbonyl (C=O) groups is 1. The lowest BCUT2D eigenvalue weighted by Gasteiger charge is -2.09. The molecule has 0 bridgehead atoms. The summed E-state index contributed by atoms with van der Waals surface area (Å²) in [6, 6.07) is 15.2. The highest BCUT2D eigenvalue weighted by Gasteiger charge is 2.14. The van der Waals surface area contributed by atoms with Crippen LogP contribution in [0, 0.1) is 0 Å². The Bertz CT molecular complexity index is 975. The molecule has 0 saturated heterocycles. The Morgan fingerprint density at radius 1 is 1.17 bits per heavy atom. The Labute approximate surface area is 179 Å². The molecule has 0 saturated carbocycles. The van der Waals surface area contributed by atoms with Crippen LogP contribution in [0.25, 0.3) is 11.4 Å². The minimum Gasteiger partial charge on any atom is -0.496 e. The summed E-state index contributed by atoms with van der Waals surface area (Å²) in [6.07, 6.45) is 0.690. The number of amides is 1. The molecule has 3 aromatic rings. The first kappa shape index (κ1) is 21.5. The van der Waals surface area contributed by atoms with E-state index >= 15 is 0 Å². The van der Waals surface area contributed by atoms with Crippen LogP contribution in [-0.2, 0) is 11.2 Å². The predicted octanol–water partition coefficient (Wildman–Crippen LogP) is 2.52. The maximum Gasteiger partial charge on any atom is 0.230 e. The SMILES string of the molecule is CCOc1ccc(-c2nnc(SCC(=O)NCCc3ccccc3OC)n2N)cc1. The van der Waals surface area contributed by atoms with Gasteiger partial charge in [-0.05, 0) is 49.2 Å².